The van der Waals surface area contributed by atoms with E-state index < -0.39 is 0 Å². The number of thioether (sulfide) groups is 1. The first-order valence-electron chi connectivity index (χ1n) is 8.17. The molecular weight excluding hydrogens is 332 g/mol. The van der Waals surface area contributed by atoms with Gasteiger partial charge in [-0.05, 0) is 53.6 Å². The number of para-hydroxylation sites is 1. The quantitative estimate of drug-likeness (QED) is 0.799. The fourth-order valence-corrected chi connectivity index (χ4v) is 3.02. The summed E-state index contributed by atoms with van der Waals surface area (Å²) in [5, 5.41) is 3.39. The highest BCUT2D eigenvalue weighted by atomic mass is 32.2. The van der Waals surface area contributed by atoms with Gasteiger partial charge in [0.15, 0.2) is 5.17 Å². The highest BCUT2D eigenvalue weighted by Crippen LogP contribution is 2.28. The lowest BCUT2D eigenvalue weighted by Crippen LogP contribution is -2.19. The van der Waals surface area contributed by atoms with E-state index in [0.717, 1.165) is 17.0 Å². The molecule has 0 aliphatic carbocycles. The summed E-state index contributed by atoms with van der Waals surface area (Å²) in [4.78, 5) is 17.2. The Bertz CT molecular complexity index is 796. The molecular formula is C20H20N2O2S. The number of carbonyl (C=O) groups excluding carboxylic acids is 1. The van der Waals surface area contributed by atoms with Crippen molar-refractivity contribution in [3.05, 3.63) is 65.1 Å². The van der Waals surface area contributed by atoms with Crippen LogP contribution in [0.1, 0.15) is 19.4 Å². The minimum Gasteiger partial charge on any atom is -0.493 e. The van der Waals surface area contributed by atoms with Crippen LogP contribution < -0.4 is 10.1 Å². The van der Waals surface area contributed by atoms with Crippen LogP contribution in [-0.4, -0.2) is 17.7 Å². The summed E-state index contributed by atoms with van der Waals surface area (Å²) in [6.45, 7) is 4.92. The number of hydrogen-bond donors (Lipinski definition) is 1. The standard InChI is InChI=1S/C20H20N2O2S/c1-14(2)13-24-17-10-8-15(9-11-17)12-18-19(23)22-20(25-18)21-16-6-4-3-5-7-16/h3-12,14H,13H2,1-2H3,(H,21,22,23)/b18-12-. The average molecular weight is 352 g/mol. The van der Waals surface area contributed by atoms with Gasteiger partial charge in [0, 0.05) is 0 Å². The zero-order chi connectivity index (χ0) is 17.6. The molecule has 5 heteroatoms. The van der Waals surface area contributed by atoms with Crippen LogP contribution in [0.25, 0.3) is 6.08 Å². The fraction of sp³-hybridized carbons (Fsp3) is 0.200. The van der Waals surface area contributed by atoms with Crippen LogP contribution in [0.2, 0.25) is 0 Å². The van der Waals surface area contributed by atoms with Crippen LogP contribution in [0, 0.1) is 5.92 Å². The smallest absolute Gasteiger partial charge is 0.264 e. The third-order valence-corrected chi connectivity index (χ3v) is 4.31. The second-order valence-electron chi connectivity index (χ2n) is 6.09. The molecule has 0 saturated carbocycles. The molecule has 128 valence electrons. The summed E-state index contributed by atoms with van der Waals surface area (Å²) >= 11 is 1.35. The molecule has 0 spiro atoms. The number of aliphatic imine (C=N–C) groups is 1. The van der Waals surface area contributed by atoms with Gasteiger partial charge >= 0.3 is 0 Å². The molecule has 4 nitrogen and oxygen atoms in total. The number of ether oxygens (including phenoxy) is 1. The Kier molecular flexibility index (Phi) is 5.56. The number of amides is 1. The first kappa shape index (κ1) is 17.3. The van der Waals surface area contributed by atoms with Gasteiger partial charge in [0.05, 0.1) is 17.2 Å². The largest absolute Gasteiger partial charge is 0.493 e. The van der Waals surface area contributed by atoms with Crippen LogP contribution in [0.4, 0.5) is 5.69 Å². The zero-order valence-electron chi connectivity index (χ0n) is 14.2. The number of hydrogen-bond acceptors (Lipinski definition) is 4. The zero-order valence-corrected chi connectivity index (χ0v) is 15.0. The molecule has 1 amide bonds. The summed E-state index contributed by atoms with van der Waals surface area (Å²) in [6, 6.07) is 17.3. The number of amidine groups is 1. The summed E-state index contributed by atoms with van der Waals surface area (Å²) in [5.74, 6) is 1.20. The Balaban J connectivity index is 1.69. The van der Waals surface area contributed by atoms with E-state index in [1.807, 2.05) is 60.7 Å². The van der Waals surface area contributed by atoms with E-state index in [1.165, 1.54) is 11.8 Å². The predicted molar refractivity (Wildman–Crippen MR) is 104 cm³/mol. The summed E-state index contributed by atoms with van der Waals surface area (Å²) < 4.78 is 5.67. The van der Waals surface area contributed by atoms with Gasteiger partial charge in [-0.3, -0.25) is 4.79 Å². The van der Waals surface area contributed by atoms with E-state index in [4.69, 9.17) is 4.74 Å². The summed E-state index contributed by atoms with van der Waals surface area (Å²) in [5.41, 5.74) is 1.77. The predicted octanol–water partition coefficient (Wildman–Crippen LogP) is 4.61. The first-order valence-corrected chi connectivity index (χ1v) is 8.99. The Labute approximate surface area is 152 Å². The minimum absolute atomic E-state index is 0.125. The van der Waals surface area contributed by atoms with Crippen molar-refractivity contribution in [3.8, 4) is 5.75 Å². The number of nitrogens with one attached hydrogen (secondary N) is 1. The number of nitrogens with zero attached hydrogens (tertiary/aromatic N) is 1. The Morgan fingerprint density at radius 1 is 1.12 bits per heavy atom. The Morgan fingerprint density at radius 3 is 2.52 bits per heavy atom. The van der Waals surface area contributed by atoms with Crippen LogP contribution in [-0.2, 0) is 4.79 Å². The van der Waals surface area contributed by atoms with Gasteiger partial charge < -0.3 is 10.1 Å². The highest BCUT2D eigenvalue weighted by molar-refractivity contribution is 8.18. The minimum atomic E-state index is -0.125. The van der Waals surface area contributed by atoms with Crippen molar-refractivity contribution in [2.24, 2.45) is 10.9 Å². The maximum absolute atomic E-state index is 12.1. The molecule has 25 heavy (non-hydrogen) atoms. The van der Waals surface area contributed by atoms with Gasteiger partial charge in [-0.25, -0.2) is 4.99 Å². The van der Waals surface area contributed by atoms with Gasteiger partial charge in [-0.1, -0.05) is 44.2 Å². The molecule has 1 N–H and O–H groups in total. The lowest BCUT2D eigenvalue weighted by molar-refractivity contribution is -0.115. The molecule has 0 radical (unpaired) electrons. The molecule has 2 aromatic carbocycles. The molecule has 3 rings (SSSR count). The van der Waals surface area contributed by atoms with Crippen LogP contribution >= 0.6 is 11.8 Å². The van der Waals surface area contributed by atoms with Crippen molar-refractivity contribution in [3.63, 3.8) is 0 Å². The Morgan fingerprint density at radius 2 is 1.84 bits per heavy atom. The van der Waals surface area contributed by atoms with E-state index in [2.05, 4.69) is 24.2 Å². The van der Waals surface area contributed by atoms with Crippen molar-refractivity contribution < 1.29 is 9.53 Å². The monoisotopic (exact) mass is 352 g/mol. The van der Waals surface area contributed by atoms with E-state index in [-0.39, 0.29) is 5.91 Å². The second kappa shape index (κ2) is 8.03. The van der Waals surface area contributed by atoms with Gasteiger partial charge in [-0.2, -0.15) is 0 Å². The van der Waals surface area contributed by atoms with Gasteiger partial charge in [0.1, 0.15) is 5.75 Å². The first-order chi connectivity index (χ1) is 12.1. The van der Waals surface area contributed by atoms with Crippen LogP contribution in [0.5, 0.6) is 5.75 Å². The Hall–Kier alpha value is -2.53. The molecule has 1 heterocycles. The summed E-state index contributed by atoms with van der Waals surface area (Å²) in [6.07, 6.45) is 1.86. The van der Waals surface area contributed by atoms with Gasteiger partial charge in [-0.15, -0.1) is 0 Å². The van der Waals surface area contributed by atoms with Crippen molar-refractivity contribution in [1.29, 1.82) is 0 Å². The molecule has 0 bridgehead atoms. The molecule has 2 aromatic rings. The molecule has 0 aromatic heterocycles. The van der Waals surface area contributed by atoms with Crippen molar-refractivity contribution in [2.45, 2.75) is 13.8 Å². The maximum Gasteiger partial charge on any atom is 0.264 e. The number of benzene rings is 2. The second-order valence-corrected chi connectivity index (χ2v) is 7.12. The topological polar surface area (TPSA) is 50.7 Å². The third-order valence-electron chi connectivity index (χ3n) is 3.40. The molecule has 1 fully saturated rings. The SMILES string of the molecule is CC(C)COc1ccc(/C=C2\SC(=Nc3ccccc3)NC2=O)cc1. The normalized spacial score (nSPS) is 17.3. The molecule has 0 atom stereocenters. The van der Waals surface area contributed by atoms with E-state index in [0.29, 0.717) is 22.6 Å². The molecule has 1 aliphatic heterocycles. The van der Waals surface area contributed by atoms with E-state index >= 15 is 0 Å². The maximum atomic E-state index is 12.1. The lowest BCUT2D eigenvalue weighted by Gasteiger charge is -2.08. The van der Waals surface area contributed by atoms with Crippen molar-refractivity contribution in [1.82, 2.24) is 5.32 Å². The van der Waals surface area contributed by atoms with Crippen molar-refractivity contribution in [2.75, 3.05) is 6.61 Å². The van der Waals surface area contributed by atoms with Gasteiger partial charge in [0.25, 0.3) is 5.91 Å². The lowest BCUT2D eigenvalue weighted by atomic mass is 10.2. The highest BCUT2D eigenvalue weighted by Gasteiger charge is 2.23. The van der Waals surface area contributed by atoms with Crippen LogP contribution in [0.15, 0.2) is 64.5 Å². The molecule has 0 unspecified atom stereocenters. The van der Waals surface area contributed by atoms with E-state index in [9.17, 15) is 4.79 Å². The van der Waals surface area contributed by atoms with Crippen LogP contribution in [0.3, 0.4) is 0 Å². The number of rotatable bonds is 5. The molecule has 1 aliphatic rings. The van der Waals surface area contributed by atoms with Crippen molar-refractivity contribution >= 4 is 34.6 Å². The number of carbonyl (C=O) groups is 1. The fourth-order valence-electron chi connectivity index (χ4n) is 2.17. The summed E-state index contributed by atoms with van der Waals surface area (Å²) in [7, 11) is 0. The third kappa shape index (κ3) is 4.97. The molecule has 1 saturated heterocycles. The average Bonchev–Trinajstić information content (AvgIpc) is 2.94. The van der Waals surface area contributed by atoms with E-state index in [1.54, 1.807) is 0 Å². The van der Waals surface area contributed by atoms with Gasteiger partial charge in [0.2, 0.25) is 0 Å².